The molecule has 0 unspecified atom stereocenters. The minimum Gasteiger partial charge on any atom is -0.487 e. The van der Waals surface area contributed by atoms with E-state index in [1.807, 2.05) is 0 Å². The van der Waals surface area contributed by atoms with Gasteiger partial charge in [0.25, 0.3) is 0 Å². The largest absolute Gasteiger partial charge is 0.487 e. The molecule has 5 nitrogen and oxygen atoms in total. The van der Waals surface area contributed by atoms with Crippen molar-refractivity contribution < 1.29 is 17.5 Å². The third kappa shape index (κ3) is 5.17. The summed E-state index contributed by atoms with van der Waals surface area (Å²) in [6, 6.07) is 11.3. The first-order chi connectivity index (χ1) is 14.8. The van der Waals surface area contributed by atoms with Gasteiger partial charge in [-0.1, -0.05) is 35.3 Å². The van der Waals surface area contributed by atoms with Crippen molar-refractivity contribution in [2.24, 2.45) is 0 Å². The Kier molecular flexibility index (Phi) is 7.08. The lowest BCUT2D eigenvalue weighted by Crippen LogP contribution is -2.50. The number of hydrogen-bond acceptors (Lipinski definition) is 4. The molecule has 31 heavy (non-hydrogen) atoms. The number of halogens is 3. The summed E-state index contributed by atoms with van der Waals surface area (Å²) in [6.45, 7) is 2.61. The highest BCUT2D eigenvalue weighted by Crippen LogP contribution is 2.31. The number of para-hydroxylation sites is 1. The Balaban J connectivity index is 1.30. The summed E-state index contributed by atoms with van der Waals surface area (Å²) in [4.78, 5) is 2.46. The molecular formula is C22H25Cl2FN2O3S. The van der Waals surface area contributed by atoms with Crippen molar-refractivity contribution in [1.29, 1.82) is 0 Å². The van der Waals surface area contributed by atoms with Crippen LogP contribution in [0.25, 0.3) is 0 Å². The third-order valence-electron chi connectivity index (χ3n) is 6.06. The fourth-order valence-electron chi connectivity index (χ4n) is 4.34. The zero-order chi connectivity index (χ0) is 22.0. The van der Waals surface area contributed by atoms with Gasteiger partial charge in [0.2, 0.25) is 10.0 Å². The van der Waals surface area contributed by atoms with E-state index in [2.05, 4.69) is 4.90 Å². The van der Waals surface area contributed by atoms with Crippen LogP contribution in [0.5, 0.6) is 5.75 Å². The van der Waals surface area contributed by atoms with Gasteiger partial charge in [0.05, 0.1) is 5.02 Å². The van der Waals surface area contributed by atoms with Crippen LogP contribution in [0.1, 0.15) is 25.7 Å². The molecule has 9 heteroatoms. The van der Waals surface area contributed by atoms with Gasteiger partial charge in [-0.3, -0.25) is 0 Å². The van der Waals surface area contributed by atoms with Crippen molar-refractivity contribution in [3.05, 3.63) is 58.3 Å². The molecule has 4 rings (SSSR count). The van der Waals surface area contributed by atoms with E-state index in [1.165, 1.54) is 22.5 Å². The summed E-state index contributed by atoms with van der Waals surface area (Å²) >= 11 is 12.1. The molecule has 0 aliphatic carbocycles. The maximum atomic E-state index is 13.8. The summed E-state index contributed by atoms with van der Waals surface area (Å²) in [5, 5.41) is 0.529. The fraction of sp³-hybridized carbons (Fsp3) is 0.455. The predicted molar refractivity (Wildman–Crippen MR) is 120 cm³/mol. The predicted octanol–water partition coefficient (Wildman–Crippen LogP) is 4.83. The Morgan fingerprint density at radius 1 is 0.935 bits per heavy atom. The number of benzene rings is 2. The molecule has 2 aromatic carbocycles. The van der Waals surface area contributed by atoms with Crippen molar-refractivity contribution >= 4 is 33.2 Å². The second kappa shape index (κ2) is 9.63. The number of hydrogen-bond donors (Lipinski definition) is 0. The highest BCUT2D eigenvalue weighted by Gasteiger charge is 2.34. The minimum absolute atomic E-state index is 0.00131. The zero-order valence-electron chi connectivity index (χ0n) is 17.0. The second-order valence-corrected chi connectivity index (χ2v) is 10.7. The van der Waals surface area contributed by atoms with E-state index in [4.69, 9.17) is 27.9 Å². The molecule has 0 atom stereocenters. The van der Waals surface area contributed by atoms with E-state index < -0.39 is 10.0 Å². The van der Waals surface area contributed by atoms with Crippen LogP contribution in [0, 0.1) is 5.82 Å². The van der Waals surface area contributed by atoms with Gasteiger partial charge in [0.1, 0.15) is 11.0 Å². The molecule has 0 saturated carbocycles. The number of rotatable bonds is 5. The average molecular weight is 487 g/mol. The molecule has 0 spiro atoms. The van der Waals surface area contributed by atoms with E-state index in [9.17, 15) is 12.8 Å². The molecule has 168 valence electrons. The third-order valence-corrected chi connectivity index (χ3v) is 8.67. The van der Waals surface area contributed by atoms with Crippen molar-refractivity contribution in [2.75, 3.05) is 26.2 Å². The molecular weight excluding hydrogens is 462 g/mol. The smallest absolute Gasteiger partial charge is 0.244 e. The number of ether oxygens (including phenoxy) is 1. The molecule has 2 aromatic rings. The van der Waals surface area contributed by atoms with Crippen LogP contribution in [0.2, 0.25) is 10.0 Å². The lowest BCUT2D eigenvalue weighted by molar-refractivity contribution is 0.0568. The fourth-order valence-corrected chi connectivity index (χ4v) is 6.55. The molecule has 2 fully saturated rings. The summed E-state index contributed by atoms with van der Waals surface area (Å²) in [5.41, 5.74) is 0. The SMILES string of the molecule is O=S(=O)(c1cc(Cl)ccc1Cl)N1CCC(N2CCC(Oc3ccccc3F)CC2)CC1. The van der Waals surface area contributed by atoms with E-state index in [-0.39, 0.29) is 21.8 Å². The van der Waals surface area contributed by atoms with Gasteiger partial charge in [-0.05, 0) is 56.0 Å². The van der Waals surface area contributed by atoms with Crippen molar-refractivity contribution in [3.63, 3.8) is 0 Å². The van der Waals surface area contributed by atoms with Crippen LogP contribution in [-0.4, -0.2) is 55.9 Å². The van der Waals surface area contributed by atoms with Gasteiger partial charge in [0, 0.05) is 37.2 Å². The molecule has 0 aromatic heterocycles. The van der Waals surface area contributed by atoms with Crippen molar-refractivity contribution in [3.8, 4) is 5.75 Å². The number of likely N-dealkylation sites (tertiary alicyclic amines) is 1. The van der Waals surface area contributed by atoms with Gasteiger partial charge >= 0.3 is 0 Å². The molecule has 2 aliphatic heterocycles. The Bertz CT molecular complexity index is 1020. The van der Waals surface area contributed by atoms with Crippen molar-refractivity contribution in [1.82, 2.24) is 9.21 Å². The van der Waals surface area contributed by atoms with Gasteiger partial charge < -0.3 is 9.64 Å². The molecule has 0 bridgehead atoms. The average Bonchev–Trinajstić information content (AvgIpc) is 2.77. The first kappa shape index (κ1) is 22.8. The van der Waals surface area contributed by atoms with E-state index in [1.54, 1.807) is 24.3 Å². The van der Waals surface area contributed by atoms with E-state index in [0.29, 0.717) is 29.9 Å². The Labute approximate surface area is 192 Å². The monoisotopic (exact) mass is 486 g/mol. The van der Waals surface area contributed by atoms with Crippen LogP contribution in [-0.2, 0) is 10.0 Å². The molecule has 0 N–H and O–H groups in total. The van der Waals surface area contributed by atoms with Crippen molar-refractivity contribution in [2.45, 2.75) is 42.7 Å². The first-order valence-corrected chi connectivity index (χ1v) is 12.6. The zero-order valence-corrected chi connectivity index (χ0v) is 19.3. The van der Waals surface area contributed by atoms with Gasteiger partial charge in [-0.15, -0.1) is 0 Å². The number of piperidine rings is 2. The summed E-state index contributed by atoms with van der Waals surface area (Å²) in [6.07, 6.45) is 3.17. The lowest BCUT2D eigenvalue weighted by atomic mass is 10.00. The molecule has 2 aliphatic rings. The molecule has 2 heterocycles. The Morgan fingerprint density at radius 2 is 1.61 bits per heavy atom. The normalized spacial score (nSPS) is 20.1. The second-order valence-electron chi connectivity index (χ2n) is 7.99. The van der Waals surface area contributed by atoms with Gasteiger partial charge in [-0.25, -0.2) is 12.8 Å². The van der Waals surface area contributed by atoms with Gasteiger partial charge in [0.15, 0.2) is 11.6 Å². The lowest BCUT2D eigenvalue weighted by Gasteiger charge is -2.41. The number of nitrogens with zero attached hydrogens (tertiary/aromatic N) is 2. The highest BCUT2D eigenvalue weighted by atomic mass is 35.5. The Hall–Kier alpha value is -1.38. The maximum Gasteiger partial charge on any atom is 0.244 e. The van der Waals surface area contributed by atoms with Crippen LogP contribution in [0.3, 0.4) is 0 Å². The van der Waals surface area contributed by atoms with E-state index >= 15 is 0 Å². The molecule has 2 saturated heterocycles. The summed E-state index contributed by atoms with van der Waals surface area (Å²) in [7, 11) is -3.67. The maximum absolute atomic E-state index is 13.8. The number of sulfonamides is 1. The van der Waals surface area contributed by atoms with Crippen LogP contribution in [0.4, 0.5) is 4.39 Å². The highest BCUT2D eigenvalue weighted by molar-refractivity contribution is 7.89. The quantitative estimate of drug-likeness (QED) is 0.607. The topological polar surface area (TPSA) is 49.9 Å². The van der Waals surface area contributed by atoms with Crippen LogP contribution >= 0.6 is 23.2 Å². The van der Waals surface area contributed by atoms with Gasteiger partial charge in [-0.2, -0.15) is 4.31 Å². The van der Waals surface area contributed by atoms with Crippen LogP contribution < -0.4 is 4.74 Å². The van der Waals surface area contributed by atoms with E-state index in [0.717, 1.165) is 38.8 Å². The molecule has 0 radical (unpaired) electrons. The minimum atomic E-state index is -3.67. The first-order valence-electron chi connectivity index (χ1n) is 10.4. The molecule has 0 amide bonds. The summed E-state index contributed by atoms with van der Waals surface area (Å²) in [5.74, 6) is -0.0301. The Morgan fingerprint density at radius 3 is 2.29 bits per heavy atom. The standard InChI is InChI=1S/C22H25Cl2FN2O3S/c23-16-5-6-19(24)22(15-16)31(28,29)27-13-7-17(8-14-27)26-11-9-18(10-12-26)30-21-4-2-1-3-20(21)25/h1-6,15,17-18H,7-14H2. The summed E-state index contributed by atoms with van der Waals surface area (Å²) < 4.78 is 47.2. The van der Waals surface area contributed by atoms with Crippen LogP contribution in [0.15, 0.2) is 47.4 Å².